The fraction of sp³-hybridized carbons (Fsp3) is 0.684. The quantitative estimate of drug-likeness (QED) is 0.871. The van der Waals surface area contributed by atoms with Gasteiger partial charge >= 0.3 is 0 Å². The molecule has 128 valence electrons. The molecule has 1 heterocycles. The number of methoxy groups -OCH3 is 1. The molecule has 0 unspecified atom stereocenters. The number of aliphatic hydroxyl groups is 1. The molecule has 0 radical (unpaired) electrons. The van der Waals surface area contributed by atoms with Crippen molar-refractivity contribution in [3.63, 3.8) is 0 Å². The summed E-state index contributed by atoms with van der Waals surface area (Å²) in [6.45, 7) is 0. The molecule has 2 fully saturated rings. The molecular weight excluding hydrogens is 293 g/mol. The highest BCUT2D eigenvalue weighted by Gasteiger charge is 2.33. The molecule has 23 heavy (non-hydrogen) atoms. The zero-order chi connectivity index (χ0) is 16.2. The van der Waals surface area contributed by atoms with Crippen LogP contribution in [0.3, 0.4) is 0 Å². The first kappa shape index (κ1) is 16.9. The van der Waals surface area contributed by atoms with Crippen molar-refractivity contribution in [2.75, 3.05) is 7.11 Å². The standard InChI is InChI=1S/C19H28FNO2/c1-23-15-9-6-13(7-10-15)12-14-8-11-18(21-14)19(22)16-4-2-3-5-17(16)20/h2-5,13-15,18-19,21-22H,6-12H2,1H3/t13-,14-,15-,18-,19-/m1/s1. The van der Waals surface area contributed by atoms with Crippen LogP contribution >= 0.6 is 0 Å². The summed E-state index contributed by atoms with van der Waals surface area (Å²) in [6.07, 6.45) is 7.62. The Kier molecular flexibility index (Phi) is 5.67. The molecule has 2 N–H and O–H groups in total. The van der Waals surface area contributed by atoms with Gasteiger partial charge in [0.05, 0.1) is 12.2 Å². The Balaban J connectivity index is 1.50. The molecule has 4 heteroatoms. The number of halogens is 1. The fourth-order valence-electron chi connectivity index (χ4n) is 4.22. The van der Waals surface area contributed by atoms with Gasteiger partial charge in [0.2, 0.25) is 0 Å². The Morgan fingerprint density at radius 3 is 2.61 bits per heavy atom. The highest BCUT2D eigenvalue weighted by atomic mass is 19.1. The summed E-state index contributed by atoms with van der Waals surface area (Å²) in [7, 11) is 1.80. The van der Waals surface area contributed by atoms with E-state index in [9.17, 15) is 9.50 Å². The van der Waals surface area contributed by atoms with E-state index < -0.39 is 6.10 Å². The van der Waals surface area contributed by atoms with Crippen molar-refractivity contribution in [2.24, 2.45) is 5.92 Å². The van der Waals surface area contributed by atoms with Gasteiger partial charge in [-0.05, 0) is 56.9 Å². The summed E-state index contributed by atoms with van der Waals surface area (Å²) in [6, 6.07) is 6.95. The molecule has 1 aromatic rings. The van der Waals surface area contributed by atoms with Crippen LogP contribution in [0.1, 0.15) is 56.6 Å². The van der Waals surface area contributed by atoms with Gasteiger partial charge in [0.1, 0.15) is 5.82 Å². The van der Waals surface area contributed by atoms with E-state index in [-0.39, 0.29) is 11.9 Å². The predicted molar refractivity (Wildman–Crippen MR) is 88.7 cm³/mol. The Morgan fingerprint density at radius 1 is 1.17 bits per heavy atom. The maximum absolute atomic E-state index is 13.8. The summed E-state index contributed by atoms with van der Waals surface area (Å²) in [5.41, 5.74) is 0.409. The number of ether oxygens (including phenoxy) is 1. The van der Waals surface area contributed by atoms with Crippen LogP contribution in [0.4, 0.5) is 4.39 Å². The normalized spacial score (nSPS) is 32.8. The molecule has 1 saturated carbocycles. The molecule has 1 aromatic carbocycles. The molecule has 0 bridgehead atoms. The largest absolute Gasteiger partial charge is 0.387 e. The van der Waals surface area contributed by atoms with E-state index in [0.717, 1.165) is 38.0 Å². The monoisotopic (exact) mass is 321 g/mol. The minimum Gasteiger partial charge on any atom is -0.387 e. The number of nitrogens with one attached hydrogen (secondary N) is 1. The van der Waals surface area contributed by atoms with E-state index in [4.69, 9.17) is 4.74 Å². The van der Waals surface area contributed by atoms with Gasteiger partial charge in [-0.25, -0.2) is 4.39 Å². The zero-order valence-corrected chi connectivity index (χ0v) is 13.9. The van der Waals surface area contributed by atoms with Gasteiger partial charge in [0.25, 0.3) is 0 Å². The Labute approximate surface area is 138 Å². The van der Waals surface area contributed by atoms with Gasteiger partial charge in [-0.15, -0.1) is 0 Å². The molecule has 0 aromatic heterocycles. The third kappa shape index (κ3) is 4.11. The number of aliphatic hydroxyl groups excluding tert-OH is 1. The molecule has 1 aliphatic heterocycles. The minimum absolute atomic E-state index is 0.0350. The molecule has 1 aliphatic carbocycles. The molecule has 1 saturated heterocycles. The van der Waals surface area contributed by atoms with Crippen LogP contribution in [-0.2, 0) is 4.74 Å². The molecular formula is C19H28FNO2. The highest BCUT2D eigenvalue weighted by molar-refractivity contribution is 5.21. The average molecular weight is 321 g/mol. The van der Waals surface area contributed by atoms with Crippen LogP contribution in [0, 0.1) is 11.7 Å². The van der Waals surface area contributed by atoms with Gasteiger partial charge in [-0.2, -0.15) is 0 Å². The molecule has 0 amide bonds. The second-order valence-corrected chi connectivity index (χ2v) is 7.13. The number of hydrogen-bond donors (Lipinski definition) is 2. The predicted octanol–water partition coefficient (Wildman–Crippen LogP) is 3.58. The first-order valence-electron chi connectivity index (χ1n) is 8.88. The summed E-state index contributed by atoms with van der Waals surface area (Å²) >= 11 is 0. The van der Waals surface area contributed by atoms with Crippen LogP contribution in [-0.4, -0.2) is 30.4 Å². The number of benzene rings is 1. The Hall–Kier alpha value is -0.970. The lowest BCUT2D eigenvalue weighted by atomic mass is 9.83. The van der Waals surface area contributed by atoms with Gasteiger partial charge in [0.15, 0.2) is 0 Å². The van der Waals surface area contributed by atoms with Crippen molar-refractivity contribution < 1.29 is 14.2 Å². The van der Waals surface area contributed by atoms with Crippen LogP contribution in [0.2, 0.25) is 0 Å². The number of hydrogen-bond acceptors (Lipinski definition) is 3. The average Bonchev–Trinajstić information content (AvgIpc) is 3.04. The van der Waals surface area contributed by atoms with Crippen LogP contribution in [0.15, 0.2) is 24.3 Å². The van der Waals surface area contributed by atoms with Crippen LogP contribution < -0.4 is 5.32 Å². The van der Waals surface area contributed by atoms with Crippen molar-refractivity contribution in [1.29, 1.82) is 0 Å². The van der Waals surface area contributed by atoms with Crippen molar-refractivity contribution >= 4 is 0 Å². The first-order chi connectivity index (χ1) is 11.2. The summed E-state index contributed by atoms with van der Waals surface area (Å²) in [4.78, 5) is 0. The minimum atomic E-state index is -0.759. The maximum atomic E-state index is 13.8. The van der Waals surface area contributed by atoms with Gasteiger partial charge in [0, 0.05) is 24.8 Å². The van der Waals surface area contributed by atoms with E-state index in [1.54, 1.807) is 25.3 Å². The lowest BCUT2D eigenvalue weighted by molar-refractivity contribution is 0.0538. The summed E-state index contributed by atoms with van der Waals surface area (Å²) in [5.74, 6) is 0.436. The van der Waals surface area contributed by atoms with Crippen molar-refractivity contribution in [1.82, 2.24) is 5.32 Å². The first-order valence-corrected chi connectivity index (χ1v) is 8.88. The van der Waals surface area contributed by atoms with E-state index in [0.29, 0.717) is 17.7 Å². The van der Waals surface area contributed by atoms with Crippen molar-refractivity contribution in [3.8, 4) is 0 Å². The molecule has 2 aliphatic rings. The van der Waals surface area contributed by atoms with Gasteiger partial charge in [-0.3, -0.25) is 0 Å². The topological polar surface area (TPSA) is 41.5 Å². The fourth-order valence-corrected chi connectivity index (χ4v) is 4.22. The Morgan fingerprint density at radius 2 is 1.91 bits per heavy atom. The molecule has 3 atom stereocenters. The van der Waals surface area contributed by atoms with E-state index in [1.165, 1.54) is 18.9 Å². The third-order valence-electron chi connectivity index (χ3n) is 5.63. The zero-order valence-electron chi connectivity index (χ0n) is 13.9. The second-order valence-electron chi connectivity index (χ2n) is 7.13. The van der Waals surface area contributed by atoms with Crippen LogP contribution in [0.25, 0.3) is 0 Å². The van der Waals surface area contributed by atoms with Gasteiger partial charge < -0.3 is 15.2 Å². The molecule has 0 spiro atoms. The second kappa shape index (κ2) is 7.73. The van der Waals surface area contributed by atoms with Crippen LogP contribution in [0.5, 0.6) is 0 Å². The smallest absolute Gasteiger partial charge is 0.129 e. The lowest BCUT2D eigenvalue weighted by Gasteiger charge is -2.29. The highest BCUT2D eigenvalue weighted by Crippen LogP contribution is 2.33. The lowest BCUT2D eigenvalue weighted by Crippen LogP contribution is -2.36. The summed E-state index contributed by atoms with van der Waals surface area (Å²) in [5, 5.41) is 14.0. The Bertz CT molecular complexity index is 502. The van der Waals surface area contributed by atoms with E-state index in [2.05, 4.69) is 5.32 Å². The molecule has 3 nitrogen and oxygen atoms in total. The number of rotatable bonds is 5. The molecule has 3 rings (SSSR count). The maximum Gasteiger partial charge on any atom is 0.129 e. The third-order valence-corrected chi connectivity index (χ3v) is 5.63. The van der Waals surface area contributed by atoms with Crippen molar-refractivity contribution in [2.45, 2.75) is 69.2 Å². The van der Waals surface area contributed by atoms with Crippen molar-refractivity contribution in [3.05, 3.63) is 35.6 Å². The summed E-state index contributed by atoms with van der Waals surface area (Å²) < 4.78 is 19.3. The SMILES string of the molecule is CO[C@H]1CC[C@H](C[C@H]2CC[C@H]([C@H](O)c3ccccc3F)N2)CC1. The van der Waals surface area contributed by atoms with E-state index >= 15 is 0 Å². The van der Waals surface area contributed by atoms with Gasteiger partial charge in [-0.1, -0.05) is 18.2 Å². The van der Waals surface area contributed by atoms with E-state index in [1.807, 2.05) is 0 Å².